The maximum atomic E-state index is 12.2. The van der Waals surface area contributed by atoms with E-state index in [0.717, 1.165) is 0 Å². The molecule has 0 aliphatic heterocycles. The fraction of sp³-hybridized carbons (Fsp3) is 0.188. The Hall–Kier alpha value is -1.43. The van der Waals surface area contributed by atoms with Gasteiger partial charge in [0.15, 0.2) is 6.10 Å². The molecule has 2 aromatic carbocycles. The average molecular weight is 419 g/mol. The molecule has 0 radical (unpaired) electrons. The Kier molecular flexibility index (Phi) is 5.79. The minimum atomic E-state index is -0.762. The monoisotopic (exact) mass is 417 g/mol. The van der Waals surface area contributed by atoms with Crippen LogP contribution < -0.4 is 10.1 Å². The van der Waals surface area contributed by atoms with E-state index in [-0.39, 0.29) is 11.7 Å². The number of phenols is 1. The number of hydrogen-bond acceptors (Lipinski definition) is 3. The lowest BCUT2D eigenvalue weighted by Crippen LogP contribution is -2.30. The van der Waals surface area contributed by atoms with E-state index in [1.807, 2.05) is 0 Å². The summed E-state index contributed by atoms with van der Waals surface area (Å²) in [6.07, 6.45) is -0.762. The van der Waals surface area contributed by atoms with Gasteiger partial charge in [0.05, 0.1) is 9.50 Å². The molecule has 4 nitrogen and oxygen atoms in total. The van der Waals surface area contributed by atoms with E-state index in [1.54, 1.807) is 44.2 Å². The van der Waals surface area contributed by atoms with Gasteiger partial charge < -0.3 is 15.2 Å². The molecule has 0 aliphatic rings. The lowest BCUT2D eigenvalue weighted by atomic mass is 10.2. The minimum absolute atomic E-state index is 0.139. The smallest absolute Gasteiger partial charge is 0.265 e. The van der Waals surface area contributed by atoms with Gasteiger partial charge in [0.25, 0.3) is 5.91 Å². The normalized spacial score (nSPS) is 11.9. The molecule has 122 valence electrons. The number of hydrogen-bond donors (Lipinski definition) is 2. The number of halogens is 3. The Morgan fingerprint density at radius 1 is 1.30 bits per heavy atom. The second-order valence-electron chi connectivity index (χ2n) is 4.95. The molecule has 0 saturated carbocycles. The van der Waals surface area contributed by atoms with Gasteiger partial charge in [-0.2, -0.15) is 0 Å². The number of benzene rings is 2. The van der Waals surface area contributed by atoms with E-state index in [0.29, 0.717) is 31.5 Å². The summed E-state index contributed by atoms with van der Waals surface area (Å²) in [4.78, 5) is 12.2. The molecule has 1 atom stereocenters. The summed E-state index contributed by atoms with van der Waals surface area (Å²) in [5, 5.41) is 13.3. The molecular weight excluding hydrogens is 405 g/mol. The van der Waals surface area contributed by atoms with Crippen LogP contribution in [-0.2, 0) is 4.79 Å². The molecule has 2 aromatic rings. The standard InChI is InChI=1S/C16H14BrCl2NO3/c1-8-5-11(7-12(17)15(8)21)20-16(22)9(2)23-14-4-3-10(18)6-13(14)19/h3-7,9,21H,1-2H3,(H,20,22). The summed E-state index contributed by atoms with van der Waals surface area (Å²) in [7, 11) is 0. The fourth-order valence-corrected chi connectivity index (χ4v) is 2.88. The van der Waals surface area contributed by atoms with Gasteiger partial charge in [0, 0.05) is 10.7 Å². The number of nitrogens with one attached hydrogen (secondary N) is 1. The molecule has 0 fully saturated rings. The summed E-state index contributed by atoms with van der Waals surface area (Å²) >= 11 is 15.1. The second-order valence-corrected chi connectivity index (χ2v) is 6.65. The number of anilines is 1. The van der Waals surface area contributed by atoms with Crippen molar-refractivity contribution in [3.63, 3.8) is 0 Å². The molecule has 1 unspecified atom stereocenters. The highest BCUT2D eigenvalue weighted by molar-refractivity contribution is 9.10. The molecule has 0 aromatic heterocycles. The summed E-state index contributed by atoms with van der Waals surface area (Å²) in [6.45, 7) is 3.35. The van der Waals surface area contributed by atoms with Crippen molar-refractivity contribution in [2.45, 2.75) is 20.0 Å². The predicted octanol–water partition coefficient (Wildman–Crippen LogP) is 5.18. The zero-order chi connectivity index (χ0) is 17.1. The number of phenolic OH excluding ortho intramolecular Hbond substituents is 1. The maximum Gasteiger partial charge on any atom is 0.265 e. The van der Waals surface area contributed by atoms with E-state index < -0.39 is 6.10 Å². The zero-order valence-corrected chi connectivity index (χ0v) is 15.5. The van der Waals surface area contributed by atoms with Crippen LogP contribution in [0.3, 0.4) is 0 Å². The van der Waals surface area contributed by atoms with Crippen LogP contribution in [0, 0.1) is 6.92 Å². The van der Waals surface area contributed by atoms with Crippen molar-refractivity contribution in [2.24, 2.45) is 0 Å². The molecule has 0 heterocycles. The third-order valence-electron chi connectivity index (χ3n) is 3.09. The first-order valence-corrected chi connectivity index (χ1v) is 8.24. The number of rotatable bonds is 4. The zero-order valence-electron chi connectivity index (χ0n) is 12.4. The summed E-state index contributed by atoms with van der Waals surface area (Å²) in [5.41, 5.74) is 1.19. The average Bonchev–Trinajstić information content (AvgIpc) is 2.47. The second kappa shape index (κ2) is 7.43. The van der Waals surface area contributed by atoms with Gasteiger partial charge in [0.2, 0.25) is 0 Å². The van der Waals surface area contributed by atoms with Crippen LogP contribution in [0.4, 0.5) is 5.69 Å². The van der Waals surface area contributed by atoms with Crippen molar-refractivity contribution >= 4 is 50.7 Å². The fourth-order valence-electron chi connectivity index (χ4n) is 1.87. The van der Waals surface area contributed by atoms with Crippen molar-refractivity contribution in [1.29, 1.82) is 0 Å². The molecule has 0 aliphatic carbocycles. The van der Waals surface area contributed by atoms with Crippen LogP contribution in [0.1, 0.15) is 12.5 Å². The Bertz CT molecular complexity index is 729. The number of carbonyl (C=O) groups is 1. The Balaban J connectivity index is 2.08. The van der Waals surface area contributed by atoms with E-state index in [2.05, 4.69) is 21.2 Å². The Morgan fingerprint density at radius 3 is 2.61 bits per heavy atom. The van der Waals surface area contributed by atoms with E-state index >= 15 is 0 Å². The van der Waals surface area contributed by atoms with E-state index in [1.165, 1.54) is 0 Å². The summed E-state index contributed by atoms with van der Waals surface area (Å²) in [6, 6.07) is 8.06. The molecule has 1 amide bonds. The first kappa shape index (κ1) is 17.9. The molecular formula is C16H14BrCl2NO3. The number of amides is 1. The van der Waals surface area contributed by atoms with Gasteiger partial charge in [-0.15, -0.1) is 0 Å². The van der Waals surface area contributed by atoms with Gasteiger partial charge in [-0.05, 0) is 65.7 Å². The third-order valence-corrected chi connectivity index (χ3v) is 4.22. The quantitative estimate of drug-likeness (QED) is 0.672. The predicted molar refractivity (Wildman–Crippen MR) is 95.7 cm³/mol. The molecule has 23 heavy (non-hydrogen) atoms. The number of ether oxygens (including phenoxy) is 1. The molecule has 0 bridgehead atoms. The lowest BCUT2D eigenvalue weighted by Gasteiger charge is -2.16. The van der Waals surface area contributed by atoms with Gasteiger partial charge in [-0.25, -0.2) is 0 Å². The van der Waals surface area contributed by atoms with Crippen molar-refractivity contribution in [2.75, 3.05) is 5.32 Å². The number of carbonyl (C=O) groups excluding carboxylic acids is 1. The lowest BCUT2D eigenvalue weighted by molar-refractivity contribution is -0.122. The van der Waals surface area contributed by atoms with Crippen LogP contribution in [0.25, 0.3) is 0 Å². The first-order valence-electron chi connectivity index (χ1n) is 6.69. The highest BCUT2D eigenvalue weighted by atomic mass is 79.9. The maximum absolute atomic E-state index is 12.2. The van der Waals surface area contributed by atoms with Crippen LogP contribution in [-0.4, -0.2) is 17.1 Å². The minimum Gasteiger partial charge on any atom is -0.506 e. The Labute approximate surface area is 152 Å². The van der Waals surface area contributed by atoms with Crippen LogP contribution >= 0.6 is 39.1 Å². The van der Waals surface area contributed by atoms with E-state index in [9.17, 15) is 9.90 Å². The highest BCUT2D eigenvalue weighted by Crippen LogP contribution is 2.31. The van der Waals surface area contributed by atoms with Gasteiger partial charge in [-0.1, -0.05) is 23.2 Å². The molecule has 0 spiro atoms. The summed E-state index contributed by atoms with van der Waals surface area (Å²) in [5.74, 6) is 0.176. The van der Waals surface area contributed by atoms with Crippen molar-refractivity contribution in [3.05, 3.63) is 50.4 Å². The van der Waals surface area contributed by atoms with Crippen molar-refractivity contribution < 1.29 is 14.6 Å². The SMILES string of the molecule is Cc1cc(NC(=O)C(C)Oc2ccc(Cl)cc2Cl)cc(Br)c1O. The molecule has 0 saturated heterocycles. The first-order chi connectivity index (χ1) is 10.8. The van der Waals surface area contributed by atoms with Gasteiger partial charge in [-0.3, -0.25) is 4.79 Å². The molecule has 7 heteroatoms. The van der Waals surface area contributed by atoms with Crippen LogP contribution in [0.15, 0.2) is 34.8 Å². The van der Waals surface area contributed by atoms with Crippen molar-refractivity contribution in [3.8, 4) is 11.5 Å². The Morgan fingerprint density at radius 2 is 2.00 bits per heavy atom. The topological polar surface area (TPSA) is 58.6 Å². The highest BCUT2D eigenvalue weighted by Gasteiger charge is 2.17. The third kappa shape index (κ3) is 4.53. The van der Waals surface area contributed by atoms with Gasteiger partial charge in [0.1, 0.15) is 11.5 Å². The molecule has 2 rings (SSSR count). The largest absolute Gasteiger partial charge is 0.506 e. The number of aryl methyl sites for hydroxylation is 1. The van der Waals surface area contributed by atoms with Gasteiger partial charge >= 0.3 is 0 Å². The number of aromatic hydroxyl groups is 1. The van der Waals surface area contributed by atoms with E-state index in [4.69, 9.17) is 27.9 Å². The summed E-state index contributed by atoms with van der Waals surface area (Å²) < 4.78 is 6.06. The van der Waals surface area contributed by atoms with Crippen LogP contribution in [0.5, 0.6) is 11.5 Å². The molecule has 2 N–H and O–H groups in total. The van der Waals surface area contributed by atoms with Crippen LogP contribution in [0.2, 0.25) is 10.0 Å². The van der Waals surface area contributed by atoms with Crippen molar-refractivity contribution in [1.82, 2.24) is 0 Å².